The van der Waals surface area contributed by atoms with Gasteiger partial charge in [0.25, 0.3) is 0 Å². The van der Waals surface area contributed by atoms with Crippen molar-refractivity contribution >= 4 is 29.2 Å². The molecule has 1 aliphatic rings. The number of amides is 2. The molecule has 6 nitrogen and oxygen atoms in total. The molecular weight excluding hydrogens is 440 g/mol. The minimum absolute atomic E-state index is 0.0724. The van der Waals surface area contributed by atoms with E-state index in [0.29, 0.717) is 21.8 Å². The average molecular weight is 468 g/mol. The monoisotopic (exact) mass is 467 g/mol. The Bertz CT molecular complexity index is 934. The molecule has 0 aliphatic carbocycles. The molecule has 1 saturated heterocycles. The Morgan fingerprint density at radius 1 is 1.23 bits per heavy atom. The van der Waals surface area contributed by atoms with Gasteiger partial charge in [-0.25, -0.2) is 9.78 Å². The van der Waals surface area contributed by atoms with Gasteiger partial charge in [0.2, 0.25) is 5.95 Å². The molecule has 31 heavy (non-hydrogen) atoms. The first-order chi connectivity index (χ1) is 14.7. The Labute approximate surface area is 192 Å². The van der Waals surface area contributed by atoms with Crippen LogP contribution in [0.5, 0.6) is 0 Å². The number of aromatic nitrogens is 2. The number of carbonyl (C=O) groups is 1. The predicted octanol–water partition coefficient (Wildman–Crippen LogP) is 5.02. The number of hydrogen-bond donors (Lipinski definition) is 1. The Balaban J connectivity index is 1.82. The number of hydrogen-bond acceptors (Lipinski definition) is 4. The summed E-state index contributed by atoms with van der Waals surface area (Å²) >= 11 is 13.1. The minimum atomic E-state index is -0.696. The van der Waals surface area contributed by atoms with E-state index in [1.807, 2.05) is 20.9 Å². The second-order valence-corrected chi connectivity index (χ2v) is 9.13. The molecule has 2 aromatic rings. The van der Waals surface area contributed by atoms with Gasteiger partial charge in [-0.3, -0.25) is 4.98 Å². The number of rotatable bonds is 5. The second-order valence-electron chi connectivity index (χ2n) is 8.37. The molecule has 2 amide bonds. The third-order valence-corrected chi connectivity index (χ3v) is 6.73. The number of carbonyl (C=O) groups excluding carboxylic acids is 1. The maximum absolute atomic E-state index is 13.5. The minimum Gasteiger partial charge on any atom is -0.331 e. The molecule has 1 aromatic carbocycles. The molecule has 1 atom stereocenters. The molecule has 2 heterocycles. The molecule has 0 spiro atoms. The zero-order chi connectivity index (χ0) is 22.7. The van der Waals surface area contributed by atoms with Crippen molar-refractivity contribution in [2.45, 2.75) is 38.8 Å². The molecule has 0 radical (unpaired) electrons. The predicted molar refractivity (Wildman–Crippen MR) is 122 cm³/mol. The van der Waals surface area contributed by atoms with Crippen molar-refractivity contribution in [2.24, 2.45) is 5.92 Å². The van der Waals surface area contributed by atoms with Gasteiger partial charge in [-0.1, -0.05) is 49.2 Å². The average Bonchev–Trinajstić information content (AvgIpc) is 2.74. The first kappa shape index (κ1) is 23.7. The highest BCUT2D eigenvalue weighted by atomic mass is 35.5. The Kier molecular flexibility index (Phi) is 7.73. The van der Waals surface area contributed by atoms with Crippen LogP contribution in [-0.2, 0) is 0 Å². The number of halogens is 3. The lowest BCUT2D eigenvalue weighted by molar-refractivity contribution is 0.143. The summed E-state index contributed by atoms with van der Waals surface area (Å²) in [5.41, 5.74) is 1.49. The van der Waals surface area contributed by atoms with Gasteiger partial charge in [0.05, 0.1) is 34.2 Å². The van der Waals surface area contributed by atoms with Crippen LogP contribution in [0.15, 0.2) is 24.5 Å². The number of benzene rings is 1. The lowest BCUT2D eigenvalue weighted by Gasteiger charge is -2.36. The first-order valence-corrected chi connectivity index (χ1v) is 11.1. The van der Waals surface area contributed by atoms with E-state index in [-0.39, 0.29) is 29.1 Å². The van der Waals surface area contributed by atoms with E-state index in [1.165, 1.54) is 6.20 Å². The first-order valence-electron chi connectivity index (χ1n) is 10.4. The second kappa shape index (κ2) is 10.1. The number of likely N-dealkylation sites (tertiary alicyclic amines) is 1. The van der Waals surface area contributed by atoms with Gasteiger partial charge in [0, 0.05) is 18.7 Å². The van der Waals surface area contributed by atoms with E-state index >= 15 is 0 Å². The Hall–Kier alpha value is -1.96. The van der Waals surface area contributed by atoms with E-state index < -0.39 is 5.95 Å². The topological polar surface area (TPSA) is 61.4 Å². The summed E-state index contributed by atoms with van der Waals surface area (Å²) in [5.74, 6) is -0.624. The maximum atomic E-state index is 13.5. The van der Waals surface area contributed by atoms with Crippen LogP contribution < -0.4 is 5.32 Å². The van der Waals surface area contributed by atoms with Crippen molar-refractivity contribution in [1.29, 1.82) is 0 Å². The van der Waals surface area contributed by atoms with Crippen molar-refractivity contribution in [3.63, 3.8) is 0 Å². The zero-order valence-corrected chi connectivity index (χ0v) is 19.7. The standard InChI is InChI=1S/C22H28Cl2FN5O/c1-13(2)21(28-22(31)30(4)14-7-9-29(3)10-8-14)16-6-5-15(19(23)20(16)24)17-11-26-12-18(25)27-17/h5-6,11-14,21H,7-10H2,1-4H3,(H,28,31). The van der Waals surface area contributed by atoms with E-state index in [4.69, 9.17) is 23.2 Å². The van der Waals surface area contributed by atoms with Gasteiger partial charge in [0.15, 0.2) is 0 Å². The van der Waals surface area contributed by atoms with Crippen LogP contribution in [0.25, 0.3) is 11.3 Å². The van der Waals surface area contributed by atoms with E-state index in [1.54, 1.807) is 17.0 Å². The van der Waals surface area contributed by atoms with Crippen molar-refractivity contribution in [3.05, 3.63) is 46.1 Å². The number of nitrogens with one attached hydrogen (secondary N) is 1. The molecule has 1 aromatic heterocycles. The molecule has 1 unspecified atom stereocenters. The third kappa shape index (κ3) is 5.45. The van der Waals surface area contributed by atoms with E-state index in [2.05, 4.69) is 27.2 Å². The Morgan fingerprint density at radius 2 is 1.90 bits per heavy atom. The molecule has 1 N–H and O–H groups in total. The Morgan fingerprint density at radius 3 is 2.52 bits per heavy atom. The maximum Gasteiger partial charge on any atom is 0.317 e. The third-order valence-electron chi connectivity index (χ3n) is 5.83. The summed E-state index contributed by atoms with van der Waals surface area (Å²) in [6, 6.07) is 3.27. The molecule has 3 rings (SSSR count). The van der Waals surface area contributed by atoms with E-state index in [0.717, 1.165) is 32.1 Å². The highest BCUT2D eigenvalue weighted by Gasteiger charge is 2.28. The summed E-state index contributed by atoms with van der Waals surface area (Å²) < 4.78 is 13.5. The van der Waals surface area contributed by atoms with Crippen LogP contribution in [0.2, 0.25) is 10.0 Å². The zero-order valence-electron chi connectivity index (χ0n) is 18.2. The van der Waals surface area contributed by atoms with Gasteiger partial charge < -0.3 is 15.1 Å². The van der Waals surface area contributed by atoms with E-state index in [9.17, 15) is 9.18 Å². The van der Waals surface area contributed by atoms with Crippen molar-refractivity contribution in [3.8, 4) is 11.3 Å². The van der Waals surface area contributed by atoms with Crippen LogP contribution in [0.4, 0.5) is 9.18 Å². The van der Waals surface area contributed by atoms with Crippen LogP contribution in [0.1, 0.15) is 38.3 Å². The number of piperidine rings is 1. The fraction of sp³-hybridized carbons (Fsp3) is 0.500. The molecular formula is C22H28Cl2FN5O. The lowest BCUT2D eigenvalue weighted by atomic mass is 9.94. The number of urea groups is 1. The fourth-order valence-electron chi connectivity index (χ4n) is 3.86. The smallest absolute Gasteiger partial charge is 0.317 e. The van der Waals surface area contributed by atoms with Crippen LogP contribution in [-0.4, -0.2) is 59.0 Å². The van der Waals surface area contributed by atoms with Crippen molar-refractivity contribution in [1.82, 2.24) is 25.1 Å². The normalized spacial score (nSPS) is 16.4. The lowest BCUT2D eigenvalue weighted by Crippen LogP contribution is -2.49. The van der Waals surface area contributed by atoms with Crippen molar-refractivity contribution < 1.29 is 9.18 Å². The van der Waals surface area contributed by atoms with Gasteiger partial charge >= 0.3 is 6.03 Å². The summed E-state index contributed by atoms with van der Waals surface area (Å²) in [7, 11) is 3.93. The van der Waals surface area contributed by atoms with Crippen LogP contribution in [0.3, 0.4) is 0 Å². The van der Waals surface area contributed by atoms with Crippen LogP contribution in [0, 0.1) is 11.9 Å². The largest absolute Gasteiger partial charge is 0.331 e. The fourth-order valence-corrected chi connectivity index (χ4v) is 4.41. The van der Waals surface area contributed by atoms with Crippen molar-refractivity contribution in [2.75, 3.05) is 27.2 Å². The summed E-state index contributed by atoms with van der Waals surface area (Å²) in [4.78, 5) is 24.7. The molecule has 168 valence electrons. The van der Waals surface area contributed by atoms with Crippen LogP contribution >= 0.6 is 23.2 Å². The SMILES string of the molecule is CC(C)C(NC(=O)N(C)C1CCN(C)CC1)c1ccc(-c2cncc(F)n2)c(Cl)c1Cl. The molecule has 1 fully saturated rings. The summed E-state index contributed by atoms with van der Waals surface area (Å²) in [5, 5.41) is 3.68. The quantitative estimate of drug-likeness (QED) is 0.670. The van der Waals surface area contributed by atoms with Gasteiger partial charge in [-0.05, 0) is 44.5 Å². The van der Waals surface area contributed by atoms with Gasteiger partial charge in [-0.2, -0.15) is 4.39 Å². The molecule has 0 bridgehead atoms. The van der Waals surface area contributed by atoms with Gasteiger partial charge in [0.1, 0.15) is 0 Å². The highest BCUT2D eigenvalue weighted by molar-refractivity contribution is 6.44. The number of nitrogens with zero attached hydrogens (tertiary/aromatic N) is 4. The molecule has 9 heteroatoms. The van der Waals surface area contributed by atoms with Gasteiger partial charge in [-0.15, -0.1) is 0 Å². The molecule has 1 aliphatic heterocycles. The highest BCUT2D eigenvalue weighted by Crippen LogP contribution is 2.39. The summed E-state index contributed by atoms with van der Waals surface area (Å²) in [6.45, 7) is 5.97. The molecule has 0 saturated carbocycles. The summed E-state index contributed by atoms with van der Waals surface area (Å²) in [6.07, 6.45) is 4.35.